The first-order chi connectivity index (χ1) is 14.5. The molecular formula is C20H20FN3O6. The lowest BCUT2D eigenvalue weighted by Crippen LogP contribution is -2.36. The Morgan fingerprint density at radius 3 is 2.43 bits per heavy atom. The summed E-state index contributed by atoms with van der Waals surface area (Å²) in [6.45, 7) is -0.715. The van der Waals surface area contributed by atoms with Crippen LogP contribution in [0.1, 0.15) is 37.4 Å². The van der Waals surface area contributed by atoms with Gasteiger partial charge in [-0.15, -0.1) is 0 Å². The van der Waals surface area contributed by atoms with E-state index in [-0.39, 0.29) is 54.4 Å². The Morgan fingerprint density at radius 1 is 1.10 bits per heavy atom. The minimum Gasteiger partial charge on any atom is -0.485 e. The van der Waals surface area contributed by atoms with Crippen LogP contribution in [0.3, 0.4) is 0 Å². The number of nitrogens with zero attached hydrogens (tertiary/aromatic N) is 3. The summed E-state index contributed by atoms with van der Waals surface area (Å²) in [7, 11) is 0. The highest BCUT2D eigenvalue weighted by Gasteiger charge is 2.48. The minimum absolute atomic E-state index is 0.0113. The van der Waals surface area contributed by atoms with E-state index < -0.39 is 12.5 Å². The molecule has 0 spiro atoms. The van der Waals surface area contributed by atoms with Crippen LogP contribution in [0.25, 0.3) is 0 Å². The Bertz CT molecular complexity index is 920. The number of halogens is 1. The first kappa shape index (κ1) is 20.0. The zero-order valence-corrected chi connectivity index (χ0v) is 16.1. The van der Waals surface area contributed by atoms with E-state index >= 15 is 0 Å². The fraction of sp³-hybridized carbons (Fsp3) is 0.450. The molecule has 0 bridgehead atoms. The van der Waals surface area contributed by atoms with Crippen molar-refractivity contribution in [1.29, 1.82) is 0 Å². The maximum atomic E-state index is 12.9. The number of rotatable bonds is 7. The summed E-state index contributed by atoms with van der Waals surface area (Å²) in [5.41, 5.74) is 0. The number of esters is 1. The third-order valence-corrected chi connectivity index (χ3v) is 5.27. The van der Waals surface area contributed by atoms with Crippen molar-refractivity contribution >= 4 is 17.8 Å². The molecule has 2 fully saturated rings. The molecule has 1 aliphatic heterocycles. The number of carbonyl (C=O) groups is 3. The highest BCUT2D eigenvalue weighted by atomic mass is 19.1. The van der Waals surface area contributed by atoms with Crippen molar-refractivity contribution in [1.82, 2.24) is 15.0 Å². The fourth-order valence-corrected chi connectivity index (χ4v) is 3.79. The number of ether oxygens (including phenoxy) is 2. The summed E-state index contributed by atoms with van der Waals surface area (Å²) in [6, 6.07) is 5.47. The average Bonchev–Trinajstić information content (AvgIpc) is 3.31. The number of hydrogen-bond acceptors (Lipinski definition) is 8. The first-order valence-corrected chi connectivity index (χ1v) is 9.72. The zero-order valence-electron chi connectivity index (χ0n) is 16.1. The molecule has 2 amide bonds. The van der Waals surface area contributed by atoms with Crippen molar-refractivity contribution < 1.29 is 32.8 Å². The zero-order chi connectivity index (χ0) is 21.1. The lowest BCUT2D eigenvalue weighted by atomic mass is 9.81. The number of hydrogen-bond donors (Lipinski definition) is 0. The normalized spacial score (nSPS) is 20.9. The summed E-state index contributed by atoms with van der Waals surface area (Å²) in [5, 5.41) is 3.71. The van der Waals surface area contributed by atoms with Crippen LogP contribution in [0.2, 0.25) is 0 Å². The number of imide groups is 1. The second-order valence-electron chi connectivity index (χ2n) is 7.27. The predicted octanol–water partition coefficient (Wildman–Crippen LogP) is 2.01. The number of benzene rings is 1. The Labute approximate surface area is 171 Å². The molecule has 30 heavy (non-hydrogen) atoms. The van der Waals surface area contributed by atoms with Crippen molar-refractivity contribution in [3.8, 4) is 5.75 Å². The van der Waals surface area contributed by atoms with E-state index in [0.717, 1.165) is 17.7 Å². The molecule has 1 saturated carbocycles. The quantitative estimate of drug-likeness (QED) is 0.497. The number of aromatic nitrogens is 2. The van der Waals surface area contributed by atoms with E-state index in [1.54, 1.807) is 0 Å². The molecule has 4 rings (SSSR count). The molecule has 1 aromatic carbocycles. The van der Waals surface area contributed by atoms with Gasteiger partial charge in [0.1, 0.15) is 18.1 Å². The third kappa shape index (κ3) is 4.32. The monoisotopic (exact) mass is 417 g/mol. The van der Waals surface area contributed by atoms with Crippen LogP contribution in [-0.2, 0) is 32.3 Å². The standard InChI is InChI=1S/C20H20FN3O6/c21-12-5-7-13(8-6-12)28-10-16-22-17(30-23-16)11-29-18(25)9-24-19(26)14-3-1-2-4-15(14)20(24)27/h5-8,14-15H,1-4,9-11H2. The summed E-state index contributed by atoms with van der Waals surface area (Å²) >= 11 is 0. The molecule has 158 valence electrons. The molecular weight excluding hydrogens is 397 g/mol. The van der Waals surface area contributed by atoms with Gasteiger partial charge in [-0.25, -0.2) is 4.39 Å². The minimum atomic E-state index is -0.724. The van der Waals surface area contributed by atoms with Crippen LogP contribution in [0.5, 0.6) is 5.75 Å². The summed E-state index contributed by atoms with van der Waals surface area (Å²) in [6.07, 6.45) is 3.21. The number of likely N-dealkylation sites (tertiary alicyclic amines) is 1. The Hall–Kier alpha value is -3.30. The summed E-state index contributed by atoms with van der Waals surface area (Å²) in [5.74, 6) is -1.58. The van der Waals surface area contributed by atoms with Gasteiger partial charge in [-0.2, -0.15) is 4.98 Å². The maximum Gasteiger partial charge on any atom is 0.326 e. The van der Waals surface area contributed by atoms with E-state index in [9.17, 15) is 18.8 Å². The van der Waals surface area contributed by atoms with Crippen LogP contribution in [0.4, 0.5) is 4.39 Å². The van der Waals surface area contributed by atoms with E-state index in [0.29, 0.717) is 18.6 Å². The lowest BCUT2D eigenvalue weighted by Gasteiger charge is -2.19. The second kappa shape index (κ2) is 8.60. The van der Waals surface area contributed by atoms with Crippen molar-refractivity contribution in [2.24, 2.45) is 11.8 Å². The van der Waals surface area contributed by atoms with E-state index in [2.05, 4.69) is 10.1 Å². The molecule has 2 heterocycles. The topological polar surface area (TPSA) is 112 Å². The lowest BCUT2D eigenvalue weighted by molar-refractivity contribution is -0.154. The van der Waals surface area contributed by atoms with E-state index in [1.807, 2.05) is 0 Å². The maximum absolute atomic E-state index is 12.9. The first-order valence-electron chi connectivity index (χ1n) is 9.72. The van der Waals surface area contributed by atoms with Gasteiger partial charge < -0.3 is 14.0 Å². The van der Waals surface area contributed by atoms with Gasteiger partial charge in [-0.3, -0.25) is 19.3 Å². The number of fused-ring (bicyclic) bond motifs is 1. The van der Waals surface area contributed by atoms with Gasteiger partial charge >= 0.3 is 5.97 Å². The smallest absolute Gasteiger partial charge is 0.326 e. The van der Waals surface area contributed by atoms with Crippen LogP contribution >= 0.6 is 0 Å². The number of carbonyl (C=O) groups excluding carboxylic acids is 3. The predicted molar refractivity (Wildman–Crippen MR) is 97.0 cm³/mol. The van der Waals surface area contributed by atoms with Gasteiger partial charge in [0.15, 0.2) is 13.2 Å². The molecule has 2 atom stereocenters. The average molecular weight is 417 g/mol. The molecule has 2 unspecified atom stereocenters. The van der Waals surface area contributed by atoms with Gasteiger partial charge in [0, 0.05) is 0 Å². The molecule has 1 saturated heterocycles. The van der Waals surface area contributed by atoms with Crippen molar-refractivity contribution in [2.45, 2.75) is 38.9 Å². The largest absolute Gasteiger partial charge is 0.485 e. The molecule has 0 radical (unpaired) electrons. The molecule has 1 aliphatic carbocycles. The van der Waals surface area contributed by atoms with Crippen LogP contribution < -0.4 is 4.74 Å². The molecule has 2 aliphatic rings. The fourth-order valence-electron chi connectivity index (χ4n) is 3.79. The van der Waals surface area contributed by atoms with Crippen LogP contribution in [-0.4, -0.2) is 39.4 Å². The number of amides is 2. The molecule has 10 heteroatoms. The van der Waals surface area contributed by atoms with Crippen LogP contribution in [0, 0.1) is 17.7 Å². The van der Waals surface area contributed by atoms with Gasteiger partial charge in [0.05, 0.1) is 11.8 Å². The highest BCUT2D eigenvalue weighted by molar-refractivity contribution is 6.07. The highest BCUT2D eigenvalue weighted by Crippen LogP contribution is 2.37. The molecule has 2 aromatic rings. The van der Waals surface area contributed by atoms with Gasteiger partial charge in [-0.05, 0) is 37.1 Å². The van der Waals surface area contributed by atoms with Crippen molar-refractivity contribution in [2.75, 3.05) is 6.54 Å². The Kier molecular flexibility index (Phi) is 5.73. The Balaban J connectivity index is 1.25. The molecule has 1 aromatic heterocycles. The van der Waals surface area contributed by atoms with Gasteiger partial charge in [-0.1, -0.05) is 18.0 Å². The van der Waals surface area contributed by atoms with Gasteiger partial charge in [0.2, 0.25) is 17.6 Å². The van der Waals surface area contributed by atoms with Crippen molar-refractivity contribution in [3.63, 3.8) is 0 Å². The van der Waals surface area contributed by atoms with Gasteiger partial charge in [0.25, 0.3) is 5.89 Å². The van der Waals surface area contributed by atoms with E-state index in [1.165, 1.54) is 24.3 Å². The second-order valence-corrected chi connectivity index (χ2v) is 7.27. The molecule has 9 nitrogen and oxygen atoms in total. The van der Waals surface area contributed by atoms with E-state index in [4.69, 9.17) is 14.0 Å². The summed E-state index contributed by atoms with van der Waals surface area (Å²) < 4.78 is 28.3. The van der Waals surface area contributed by atoms with Crippen molar-refractivity contribution in [3.05, 3.63) is 41.8 Å². The third-order valence-electron chi connectivity index (χ3n) is 5.27. The molecule has 0 N–H and O–H groups in total. The summed E-state index contributed by atoms with van der Waals surface area (Å²) in [4.78, 5) is 41.9. The SMILES string of the molecule is O=C(CN1C(=O)C2CCCCC2C1=O)OCc1nc(COc2ccc(F)cc2)no1. The Morgan fingerprint density at radius 2 is 1.77 bits per heavy atom. The van der Waals surface area contributed by atoms with Crippen LogP contribution in [0.15, 0.2) is 28.8 Å².